The smallest absolute Gasteiger partial charge is 0.223 e. The zero-order valence-corrected chi connectivity index (χ0v) is 12.2. The number of rotatable bonds is 3. The van der Waals surface area contributed by atoms with Gasteiger partial charge in [0.2, 0.25) is 5.91 Å². The van der Waals surface area contributed by atoms with Gasteiger partial charge < -0.3 is 15.1 Å². The third kappa shape index (κ3) is 3.53. The summed E-state index contributed by atoms with van der Waals surface area (Å²) in [6.07, 6.45) is 1.78. The van der Waals surface area contributed by atoms with Crippen LogP contribution in [-0.4, -0.2) is 50.1 Å². The molecule has 0 bridgehead atoms. The van der Waals surface area contributed by atoms with Crippen LogP contribution in [0.15, 0.2) is 24.3 Å². The fourth-order valence-corrected chi connectivity index (χ4v) is 3.13. The molecule has 0 spiro atoms. The molecular formula is C16H22FN3O. The van der Waals surface area contributed by atoms with Crippen LogP contribution in [0.1, 0.15) is 12.8 Å². The average Bonchev–Trinajstić information content (AvgIpc) is 3.01. The summed E-state index contributed by atoms with van der Waals surface area (Å²) in [6, 6.07) is 6.58. The number of hydrogen-bond donors (Lipinski definition) is 1. The topological polar surface area (TPSA) is 35.6 Å². The van der Waals surface area contributed by atoms with E-state index in [9.17, 15) is 9.18 Å². The molecule has 4 nitrogen and oxygen atoms in total. The molecule has 1 aromatic rings. The van der Waals surface area contributed by atoms with Crippen molar-refractivity contribution in [2.45, 2.75) is 12.8 Å². The highest BCUT2D eigenvalue weighted by molar-refractivity contribution is 5.76. The van der Waals surface area contributed by atoms with Crippen LogP contribution in [-0.2, 0) is 4.79 Å². The second-order valence-corrected chi connectivity index (χ2v) is 5.91. The maximum Gasteiger partial charge on any atom is 0.223 e. The van der Waals surface area contributed by atoms with Gasteiger partial charge in [-0.1, -0.05) is 0 Å². The zero-order valence-electron chi connectivity index (χ0n) is 12.2. The van der Waals surface area contributed by atoms with Crippen molar-refractivity contribution in [3.05, 3.63) is 30.1 Å². The summed E-state index contributed by atoms with van der Waals surface area (Å²) in [7, 11) is 0. The number of nitrogens with one attached hydrogen (secondary N) is 1. The first-order valence-electron chi connectivity index (χ1n) is 7.71. The largest absolute Gasteiger partial charge is 0.368 e. The normalized spacial score (nSPS) is 22.6. The fraction of sp³-hybridized carbons (Fsp3) is 0.562. The first kappa shape index (κ1) is 14.3. The van der Waals surface area contributed by atoms with Crippen molar-refractivity contribution in [3.8, 4) is 0 Å². The van der Waals surface area contributed by atoms with Crippen LogP contribution < -0.4 is 10.2 Å². The Morgan fingerprint density at radius 2 is 1.90 bits per heavy atom. The standard InChI is InChI=1S/C16H22FN3O/c17-14-1-3-15(4-2-14)19-7-9-20(10-8-19)16(21)11-13-5-6-18-12-13/h1-4,13,18H,5-12H2. The van der Waals surface area contributed by atoms with Gasteiger partial charge in [0, 0.05) is 38.3 Å². The highest BCUT2D eigenvalue weighted by Crippen LogP contribution is 2.19. The Balaban J connectivity index is 1.50. The Morgan fingerprint density at radius 1 is 1.19 bits per heavy atom. The lowest BCUT2D eigenvalue weighted by molar-refractivity contribution is -0.132. The minimum atomic E-state index is -0.210. The van der Waals surface area contributed by atoms with Gasteiger partial charge in [0.15, 0.2) is 0 Å². The number of anilines is 1. The molecule has 1 unspecified atom stereocenters. The quantitative estimate of drug-likeness (QED) is 0.916. The van der Waals surface area contributed by atoms with E-state index in [1.54, 1.807) is 12.1 Å². The van der Waals surface area contributed by atoms with E-state index in [-0.39, 0.29) is 11.7 Å². The summed E-state index contributed by atoms with van der Waals surface area (Å²) in [5, 5.41) is 3.30. The number of piperazine rings is 1. The van der Waals surface area contributed by atoms with Crippen LogP contribution in [0.4, 0.5) is 10.1 Å². The van der Waals surface area contributed by atoms with Crippen LogP contribution in [0.2, 0.25) is 0 Å². The molecule has 21 heavy (non-hydrogen) atoms. The molecule has 1 atom stereocenters. The van der Waals surface area contributed by atoms with Crippen molar-refractivity contribution in [1.82, 2.24) is 10.2 Å². The van der Waals surface area contributed by atoms with E-state index in [0.29, 0.717) is 12.3 Å². The summed E-state index contributed by atoms with van der Waals surface area (Å²) in [5.74, 6) is 0.577. The summed E-state index contributed by atoms with van der Waals surface area (Å²) >= 11 is 0. The van der Waals surface area contributed by atoms with Crippen LogP contribution >= 0.6 is 0 Å². The van der Waals surface area contributed by atoms with E-state index in [1.807, 2.05) is 4.90 Å². The highest BCUT2D eigenvalue weighted by Gasteiger charge is 2.25. The van der Waals surface area contributed by atoms with Gasteiger partial charge in [-0.05, 0) is 49.7 Å². The lowest BCUT2D eigenvalue weighted by Gasteiger charge is -2.36. The molecule has 5 heteroatoms. The molecular weight excluding hydrogens is 269 g/mol. The maximum absolute atomic E-state index is 12.9. The Hall–Kier alpha value is -1.62. The summed E-state index contributed by atoms with van der Waals surface area (Å²) in [5.41, 5.74) is 1.03. The summed E-state index contributed by atoms with van der Waals surface area (Å²) < 4.78 is 12.9. The molecule has 0 saturated carbocycles. The van der Waals surface area contributed by atoms with E-state index in [4.69, 9.17) is 0 Å². The van der Waals surface area contributed by atoms with E-state index in [1.165, 1.54) is 12.1 Å². The van der Waals surface area contributed by atoms with Crippen LogP contribution in [0.25, 0.3) is 0 Å². The van der Waals surface area contributed by atoms with Gasteiger partial charge in [-0.2, -0.15) is 0 Å². The molecule has 1 amide bonds. The number of benzene rings is 1. The molecule has 2 aliphatic rings. The average molecular weight is 291 g/mol. The zero-order chi connectivity index (χ0) is 14.7. The molecule has 3 rings (SSSR count). The van der Waals surface area contributed by atoms with Crippen molar-refractivity contribution in [3.63, 3.8) is 0 Å². The van der Waals surface area contributed by atoms with Gasteiger partial charge in [0.25, 0.3) is 0 Å². The minimum Gasteiger partial charge on any atom is -0.368 e. The Bertz CT molecular complexity index is 477. The van der Waals surface area contributed by atoms with E-state index in [0.717, 1.165) is 51.4 Å². The number of carbonyl (C=O) groups is 1. The SMILES string of the molecule is O=C(CC1CCNC1)N1CCN(c2ccc(F)cc2)CC1. The first-order valence-corrected chi connectivity index (χ1v) is 7.71. The Morgan fingerprint density at radius 3 is 2.52 bits per heavy atom. The predicted molar refractivity (Wildman–Crippen MR) is 80.8 cm³/mol. The van der Waals surface area contributed by atoms with Gasteiger partial charge >= 0.3 is 0 Å². The Labute approximate surface area is 124 Å². The molecule has 2 fully saturated rings. The number of amides is 1. The van der Waals surface area contributed by atoms with E-state index >= 15 is 0 Å². The molecule has 114 valence electrons. The van der Waals surface area contributed by atoms with Gasteiger partial charge in [-0.25, -0.2) is 4.39 Å². The lowest BCUT2D eigenvalue weighted by Crippen LogP contribution is -2.49. The number of halogens is 1. The molecule has 2 heterocycles. The van der Waals surface area contributed by atoms with Crippen LogP contribution in [0.5, 0.6) is 0 Å². The predicted octanol–water partition coefficient (Wildman–Crippen LogP) is 1.47. The van der Waals surface area contributed by atoms with Crippen molar-refractivity contribution in [1.29, 1.82) is 0 Å². The van der Waals surface area contributed by atoms with E-state index in [2.05, 4.69) is 10.2 Å². The fourth-order valence-electron chi connectivity index (χ4n) is 3.13. The third-order valence-corrected chi connectivity index (χ3v) is 4.45. The minimum absolute atomic E-state index is 0.210. The second-order valence-electron chi connectivity index (χ2n) is 5.91. The second kappa shape index (κ2) is 6.43. The van der Waals surface area contributed by atoms with Crippen molar-refractivity contribution >= 4 is 11.6 Å². The molecule has 0 aromatic heterocycles. The monoisotopic (exact) mass is 291 g/mol. The first-order chi connectivity index (χ1) is 10.2. The van der Waals surface area contributed by atoms with Crippen LogP contribution in [0, 0.1) is 11.7 Å². The molecule has 2 saturated heterocycles. The van der Waals surface area contributed by atoms with Crippen molar-refractivity contribution in [2.75, 3.05) is 44.2 Å². The van der Waals surface area contributed by atoms with Crippen LogP contribution in [0.3, 0.4) is 0 Å². The summed E-state index contributed by atoms with van der Waals surface area (Å²) in [4.78, 5) is 16.5. The van der Waals surface area contributed by atoms with E-state index < -0.39 is 0 Å². The molecule has 1 aromatic carbocycles. The third-order valence-electron chi connectivity index (χ3n) is 4.45. The van der Waals surface area contributed by atoms with Crippen molar-refractivity contribution in [2.24, 2.45) is 5.92 Å². The van der Waals surface area contributed by atoms with Gasteiger partial charge in [-0.3, -0.25) is 4.79 Å². The van der Waals surface area contributed by atoms with Gasteiger partial charge in [-0.15, -0.1) is 0 Å². The molecule has 0 aliphatic carbocycles. The van der Waals surface area contributed by atoms with Crippen molar-refractivity contribution < 1.29 is 9.18 Å². The maximum atomic E-state index is 12.9. The number of nitrogens with zero attached hydrogens (tertiary/aromatic N) is 2. The highest BCUT2D eigenvalue weighted by atomic mass is 19.1. The molecule has 0 radical (unpaired) electrons. The van der Waals surface area contributed by atoms with Gasteiger partial charge in [0.05, 0.1) is 0 Å². The van der Waals surface area contributed by atoms with Gasteiger partial charge in [0.1, 0.15) is 5.82 Å². The molecule has 1 N–H and O–H groups in total. The number of hydrogen-bond acceptors (Lipinski definition) is 3. The number of carbonyl (C=O) groups excluding carboxylic acids is 1. The Kier molecular flexibility index (Phi) is 4.39. The summed E-state index contributed by atoms with van der Waals surface area (Å²) in [6.45, 7) is 5.17. The molecule has 2 aliphatic heterocycles. The lowest BCUT2D eigenvalue weighted by atomic mass is 10.0.